The number of methoxy groups -OCH3 is 2. The van der Waals surface area contributed by atoms with Crippen LogP contribution >= 0.6 is 0 Å². The Morgan fingerprint density at radius 1 is 0.750 bits per heavy atom. The first-order valence-corrected chi connectivity index (χ1v) is 6.71. The van der Waals surface area contributed by atoms with Crippen LogP contribution in [-0.4, -0.2) is 14.2 Å². The van der Waals surface area contributed by atoms with Gasteiger partial charge in [0.05, 0.1) is 13.2 Å². The van der Waals surface area contributed by atoms with Crippen molar-refractivity contribution in [2.45, 2.75) is 19.8 Å². The average Bonchev–Trinajstić information content (AvgIpc) is 2.48. The number of hydrogen-bond donors (Lipinski definition) is 1. The van der Waals surface area contributed by atoms with E-state index in [4.69, 9.17) is 9.47 Å². The molecule has 0 bridgehead atoms. The maximum atomic E-state index is 5.24. The third-order valence-electron chi connectivity index (χ3n) is 3.20. The molecular formula is C17H21NO2. The lowest BCUT2D eigenvalue weighted by Gasteiger charge is -2.14. The number of rotatable bonds is 7. The Balaban J connectivity index is 2.09. The summed E-state index contributed by atoms with van der Waals surface area (Å²) >= 11 is 0. The maximum absolute atomic E-state index is 5.24. The predicted molar refractivity (Wildman–Crippen MR) is 81.6 cm³/mol. The van der Waals surface area contributed by atoms with Crippen molar-refractivity contribution in [2.24, 2.45) is 0 Å². The van der Waals surface area contributed by atoms with Crippen LogP contribution in [0.3, 0.4) is 0 Å². The van der Waals surface area contributed by atoms with Gasteiger partial charge in [0, 0.05) is 32.0 Å². The Bertz CT molecular complexity index is 491. The Morgan fingerprint density at radius 2 is 1.30 bits per heavy atom. The molecule has 0 unspecified atom stereocenters. The molecule has 0 aliphatic rings. The van der Waals surface area contributed by atoms with E-state index in [9.17, 15) is 0 Å². The molecule has 0 aromatic heterocycles. The lowest BCUT2D eigenvalue weighted by atomic mass is 10.1. The molecule has 0 amide bonds. The van der Waals surface area contributed by atoms with E-state index >= 15 is 0 Å². The van der Waals surface area contributed by atoms with Crippen LogP contribution in [0.15, 0.2) is 48.5 Å². The highest BCUT2D eigenvalue weighted by Gasteiger charge is 2.04. The molecule has 0 atom stereocenters. The van der Waals surface area contributed by atoms with Crippen LogP contribution in [0.1, 0.15) is 16.7 Å². The van der Waals surface area contributed by atoms with Crippen molar-refractivity contribution in [1.29, 1.82) is 0 Å². The van der Waals surface area contributed by atoms with Gasteiger partial charge in [0.15, 0.2) is 0 Å². The van der Waals surface area contributed by atoms with Gasteiger partial charge < -0.3 is 14.8 Å². The molecule has 0 radical (unpaired) electrons. The molecule has 2 rings (SSSR count). The summed E-state index contributed by atoms with van der Waals surface area (Å²) in [6.07, 6.45) is 0. The molecular weight excluding hydrogens is 250 g/mol. The van der Waals surface area contributed by atoms with E-state index in [1.165, 1.54) is 16.7 Å². The van der Waals surface area contributed by atoms with E-state index in [2.05, 4.69) is 35.6 Å². The molecule has 2 aromatic carbocycles. The summed E-state index contributed by atoms with van der Waals surface area (Å²) in [4.78, 5) is 0. The molecule has 0 heterocycles. The summed E-state index contributed by atoms with van der Waals surface area (Å²) in [6, 6.07) is 16.5. The summed E-state index contributed by atoms with van der Waals surface area (Å²) in [7, 11) is 3.43. The molecule has 0 aliphatic carbocycles. The van der Waals surface area contributed by atoms with Crippen LogP contribution in [0.2, 0.25) is 0 Å². The smallest absolute Gasteiger partial charge is 0.0733 e. The summed E-state index contributed by atoms with van der Waals surface area (Å²) in [6.45, 7) is 2.03. The standard InChI is InChI=1S/C17H21NO2/c1-19-12-15-8-4-3-7-14(15)11-18-17-10-6-5-9-16(17)13-20-2/h3-10,18H,11-13H2,1-2H3. The second-order valence-corrected chi connectivity index (χ2v) is 4.65. The van der Waals surface area contributed by atoms with Gasteiger partial charge in [-0.25, -0.2) is 0 Å². The second kappa shape index (κ2) is 7.68. The Morgan fingerprint density at radius 3 is 2.00 bits per heavy atom. The number of nitrogens with one attached hydrogen (secondary N) is 1. The predicted octanol–water partition coefficient (Wildman–Crippen LogP) is 3.59. The first-order valence-electron chi connectivity index (χ1n) is 6.71. The molecule has 1 N–H and O–H groups in total. The first kappa shape index (κ1) is 14.6. The van der Waals surface area contributed by atoms with Gasteiger partial charge in [0.1, 0.15) is 0 Å². The highest BCUT2D eigenvalue weighted by Crippen LogP contribution is 2.18. The molecule has 0 saturated carbocycles. The van der Waals surface area contributed by atoms with Crippen molar-refractivity contribution in [1.82, 2.24) is 0 Å². The van der Waals surface area contributed by atoms with Crippen LogP contribution < -0.4 is 5.32 Å². The fourth-order valence-corrected chi connectivity index (χ4v) is 2.19. The van der Waals surface area contributed by atoms with Gasteiger partial charge in [-0.3, -0.25) is 0 Å². The number of ether oxygens (including phenoxy) is 2. The van der Waals surface area contributed by atoms with E-state index in [-0.39, 0.29) is 0 Å². The zero-order valence-electron chi connectivity index (χ0n) is 12.1. The van der Waals surface area contributed by atoms with Crippen molar-refractivity contribution >= 4 is 5.69 Å². The zero-order chi connectivity index (χ0) is 14.2. The third-order valence-corrected chi connectivity index (χ3v) is 3.20. The fourth-order valence-electron chi connectivity index (χ4n) is 2.19. The van der Waals surface area contributed by atoms with Crippen molar-refractivity contribution in [3.63, 3.8) is 0 Å². The van der Waals surface area contributed by atoms with E-state index in [1.54, 1.807) is 14.2 Å². The normalized spacial score (nSPS) is 10.5. The van der Waals surface area contributed by atoms with Gasteiger partial charge in [-0.2, -0.15) is 0 Å². The Labute approximate surface area is 120 Å². The van der Waals surface area contributed by atoms with Crippen molar-refractivity contribution in [3.05, 3.63) is 65.2 Å². The summed E-state index contributed by atoms with van der Waals surface area (Å²) in [5.41, 5.74) is 4.74. The fraction of sp³-hybridized carbons (Fsp3) is 0.294. The summed E-state index contributed by atoms with van der Waals surface area (Å²) < 4.78 is 10.5. The molecule has 0 saturated heterocycles. The minimum atomic E-state index is 0.614. The van der Waals surface area contributed by atoms with Gasteiger partial charge in [-0.15, -0.1) is 0 Å². The van der Waals surface area contributed by atoms with Crippen LogP contribution in [-0.2, 0) is 29.2 Å². The molecule has 2 aromatic rings. The van der Waals surface area contributed by atoms with Gasteiger partial charge in [0.25, 0.3) is 0 Å². The Kier molecular flexibility index (Phi) is 5.59. The van der Waals surface area contributed by atoms with Gasteiger partial charge in [-0.05, 0) is 17.2 Å². The molecule has 3 nitrogen and oxygen atoms in total. The van der Waals surface area contributed by atoms with Crippen molar-refractivity contribution in [3.8, 4) is 0 Å². The number of benzene rings is 2. The van der Waals surface area contributed by atoms with Crippen molar-refractivity contribution < 1.29 is 9.47 Å². The molecule has 0 aliphatic heterocycles. The molecule has 106 valence electrons. The second-order valence-electron chi connectivity index (χ2n) is 4.65. The van der Waals surface area contributed by atoms with E-state index in [0.29, 0.717) is 13.2 Å². The monoisotopic (exact) mass is 271 g/mol. The number of para-hydroxylation sites is 1. The molecule has 0 fully saturated rings. The van der Waals surface area contributed by atoms with E-state index < -0.39 is 0 Å². The van der Waals surface area contributed by atoms with E-state index in [1.807, 2.05) is 18.2 Å². The summed E-state index contributed by atoms with van der Waals surface area (Å²) in [5, 5.41) is 3.48. The number of anilines is 1. The Hall–Kier alpha value is -1.84. The SMILES string of the molecule is COCc1ccccc1CNc1ccccc1COC. The van der Waals surface area contributed by atoms with Gasteiger partial charge in [-0.1, -0.05) is 42.5 Å². The quantitative estimate of drug-likeness (QED) is 0.834. The third kappa shape index (κ3) is 3.83. The largest absolute Gasteiger partial charge is 0.381 e. The minimum Gasteiger partial charge on any atom is -0.381 e. The average molecular weight is 271 g/mol. The first-order chi connectivity index (χ1) is 9.85. The minimum absolute atomic E-state index is 0.614. The van der Waals surface area contributed by atoms with Gasteiger partial charge >= 0.3 is 0 Å². The van der Waals surface area contributed by atoms with Crippen molar-refractivity contribution in [2.75, 3.05) is 19.5 Å². The summed E-state index contributed by atoms with van der Waals surface area (Å²) in [5.74, 6) is 0. The molecule has 20 heavy (non-hydrogen) atoms. The zero-order valence-corrected chi connectivity index (χ0v) is 12.1. The molecule has 0 spiro atoms. The molecule has 3 heteroatoms. The van der Waals surface area contributed by atoms with E-state index in [0.717, 1.165) is 12.2 Å². The maximum Gasteiger partial charge on any atom is 0.0733 e. The van der Waals surface area contributed by atoms with Crippen LogP contribution in [0.5, 0.6) is 0 Å². The number of hydrogen-bond acceptors (Lipinski definition) is 3. The van der Waals surface area contributed by atoms with Crippen LogP contribution in [0.25, 0.3) is 0 Å². The van der Waals surface area contributed by atoms with Gasteiger partial charge in [0.2, 0.25) is 0 Å². The highest BCUT2D eigenvalue weighted by atomic mass is 16.5. The topological polar surface area (TPSA) is 30.5 Å². The van der Waals surface area contributed by atoms with Crippen LogP contribution in [0, 0.1) is 0 Å². The lowest BCUT2D eigenvalue weighted by molar-refractivity contribution is 0.184. The van der Waals surface area contributed by atoms with Crippen LogP contribution in [0.4, 0.5) is 5.69 Å². The lowest BCUT2D eigenvalue weighted by Crippen LogP contribution is -2.05. The highest BCUT2D eigenvalue weighted by molar-refractivity contribution is 5.51.